The van der Waals surface area contributed by atoms with E-state index in [9.17, 15) is 9.59 Å². The zero-order valence-corrected chi connectivity index (χ0v) is 7.74. The zero-order valence-electron chi connectivity index (χ0n) is 7.74. The second-order valence-corrected chi connectivity index (χ2v) is 2.17. The molecule has 1 aromatic heterocycles. The Bertz CT molecular complexity index is 291. The minimum atomic E-state index is -0.157. The molecule has 1 rings (SSSR count). The lowest BCUT2D eigenvalue weighted by molar-refractivity contribution is 0.111. The summed E-state index contributed by atoms with van der Waals surface area (Å²) >= 11 is 0. The van der Waals surface area contributed by atoms with E-state index in [0.717, 1.165) is 6.61 Å². The average molecular weight is 183 g/mol. The Balaban J connectivity index is 0.000000310. The number of ether oxygens (including phenoxy) is 1. The van der Waals surface area contributed by atoms with Crippen molar-refractivity contribution in [3.05, 3.63) is 34.2 Å². The molecule has 1 heterocycles. The summed E-state index contributed by atoms with van der Waals surface area (Å²) in [6.07, 6.45) is 2.04. The average Bonchev–Trinajstić information content (AvgIpc) is 2.18. The van der Waals surface area contributed by atoms with E-state index in [1.54, 1.807) is 7.11 Å². The van der Waals surface area contributed by atoms with Crippen LogP contribution >= 0.6 is 0 Å². The van der Waals surface area contributed by atoms with Gasteiger partial charge in [0.1, 0.15) is 0 Å². The minimum Gasteiger partial charge on any atom is -0.385 e. The Morgan fingerprint density at radius 3 is 2.54 bits per heavy atom. The van der Waals surface area contributed by atoms with Gasteiger partial charge in [-0.15, -0.1) is 0 Å². The highest BCUT2D eigenvalue weighted by atomic mass is 16.5. The van der Waals surface area contributed by atoms with Gasteiger partial charge in [-0.3, -0.25) is 9.59 Å². The van der Waals surface area contributed by atoms with E-state index in [4.69, 9.17) is 0 Å². The number of carbonyl (C=O) groups excluding carboxylic acids is 1. The molecule has 0 bridgehead atoms. The second-order valence-electron chi connectivity index (χ2n) is 2.17. The molecule has 0 aliphatic heterocycles. The zero-order chi connectivity index (χ0) is 10.1. The Labute approximate surface area is 76.6 Å². The van der Waals surface area contributed by atoms with Gasteiger partial charge in [0.05, 0.1) is 5.69 Å². The van der Waals surface area contributed by atoms with Gasteiger partial charge >= 0.3 is 0 Å². The summed E-state index contributed by atoms with van der Waals surface area (Å²) < 4.78 is 4.54. The highest BCUT2D eigenvalue weighted by molar-refractivity contribution is 5.71. The lowest BCUT2D eigenvalue weighted by atomic mass is 10.4. The molecule has 0 amide bonds. The molecule has 0 aromatic carbocycles. The van der Waals surface area contributed by atoms with Crippen LogP contribution in [-0.4, -0.2) is 25.0 Å². The monoisotopic (exact) mass is 183 g/mol. The number of nitrogens with one attached hydrogen (secondary N) is 1. The fraction of sp³-hybridized carbons (Fsp3) is 0.333. The van der Waals surface area contributed by atoms with Crippen molar-refractivity contribution in [1.82, 2.24) is 4.98 Å². The van der Waals surface area contributed by atoms with Crippen LogP contribution in [0.3, 0.4) is 0 Å². The van der Waals surface area contributed by atoms with Crippen LogP contribution in [0.2, 0.25) is 0 Å². The van der Waals surface area contributed by atoms with Crippen molar-refractivity contribution in [3.63, 3.8) is 0 Å². The molecule has 13 heavy (non-hydrogen) atoms. The smallest absolute Gasteiger partial charge is 0.182 e. The molecular formula is C9H13NO3. The second kappa shape index (κ2) is 7.24. The lowest BCUT2D eigenvalue weighted by Gasteiger charge is -1.84. The summed E-state index contributed by atoms with van der Waals surface area (Å²) in [5, 5.41) is 0. The van der Waals surface area contributed by atoms with Crippen molar-refractivity contribution >= 4 is 6.29 Å². The molecule has 0 saturated carbocycles. The number of rotatable bonds is 2. The third kappa shape index (κ3) is 5.81. The third-order valence-electron chi connectivity index (χ3n) is 1.21. The molecular weight excluding hydrogens is 170 g/mol. The first-order chi connectivity index (χ1) is 6.24. The summed E-state index contributed by atoms with van der Waals surface area (Å²) in [4.78, 5) is 23.0. The van der Waals surface area contributed by atoms with Crippen LogP contribution in [0.15, 0.2) is 23.1 Å². The van der Waals surface area contributed by atoms with E-state index in [2.05, 4.69) is 9.72 Å². The number of H-pyrrole nitrogens is 1. The van der Waals surface area contributed by atoms with E-state index >= 15 is 0 Å². The number of hydrogen-bond acceptors (Lipinski definition) is 3. The van der Waals surface area contributed by atoms with Crippen molar-refractivity contribution in [2.24, 2.45) is 0 Å². The van der Waals surface area contributed by atoms with Crippen LogP contribution in [0.5, 0.6) is 0 Å². The van der Waals surface area contributed by atoms with Gasteiger partial charge in [-0.1, -0.05) is 0 Å². The van der Waals surface area contributed by atoms with E-state index in [1.165, 1.54) is 18.3 Å². The third-order valence-corrected chi connectivity index (χ3v) is 1.21. The molecule has 1 aromatic rings. The topological polar surface area (TPSA) is 59.2 Å². The van der Waals surface area contributed by atoms with Gasteiger partial charge in [-0.25, -0.2) is 0 Å². The Hall–Kier alpha value is -1.42. The number of aromatic nitrogens is 1. The Kier molecular flexibility index (Phi) is 6.45. The highest BCUT2D eigenvalue weighted by Gasteiger charge is 1.86. The van der Waals surface area contributed by atoms with Crippen molar-refractivity contribution in [2.45, 2.75) is 6.92 Å². The summed E-state index contributed by atoms with van der Waals surface area (Å²) in [6, 6.07) is 2.60. The normalized spacial score (nSPS) is 8.46. The van der Waals surface area contributed by atoms with Gasteiger partial charge in [0.15, 0.2) is 11.7 Å². The van der Waals surface area contributed by atoms with Crippen LogP contribution in [0.1, 0.15) is 17.4 Å². The molecule has 0 fully saturated rings. The lowest BCUT2D eigenvalue weighted by Crippen LogP contribution is -1.99. The number of aldehydes is 1. The Morgan fingerprint density at radius 2 is 2.23 bits per heavy atom. The van der Waals surface area contributed by atoms with Crippen molar-refractivity contribution in [2.75, 3.05) is 13.7 Å². The van der Waals surface area contributed by atoms with Crippen molar-refractivity contribution < 1.29 is 9.53 Å². The summed E-state index contributed by atoms with van der Waals surface area (Å²) in [5.41, 5.74) is 0.151. The predicted octanol–water partition coefficient (Wildman–Crippen LogP) is 0.840. The van der Waals surface area contributed by atoms with Crippen molar-refractivity contribution in [3.8, 4) is 0 Å². The fourth-order valence-electron chi connectivity index (χ4n) is 0.531. The molecule has 0 aliphatic carbocycles. The highest BCUT2D eigenvalue weighted by Crippen LogP contribution is 1.79. The number of aromatic amines is 1. The maximum atomic E-state index is 10.5. The molecule has 0 atom stereocenters. The maximum absolute atomic E-state index is 10.5. The quantitative estimate of drug-likeness (QED) is 0.691. The molecule has 0 unspecified atom stereocenters. The molecule has 1 N–H and O–H groups in total. The molecule has 72 valence electrons. The minimum absolute atomic E-state index is 0.157. The number of pyridine rings is 1. The van der Waals surface area contributed by atoms with Gasteiger partial charge in [-0.2, -0.15) is 0 Å². The first-order valence-electron chi connectivity index (χ1n) is 3.87. The van der Waals surface area contributed by atoms with E-state index in [-0.39, 0.29) is 5.43 Å². The molecule has 0 spiro atoms. The number of hydrogen-bond donors (Lipinski definition) is 1. The van der Waals surface area contributed by atoms with Crippen LogP contribution in [0.25, 0.3) is 0 Å². The summed E-state index contributed by atoms with van der Waals surface area (Å²) in [5.74, 6) is 0. The van der Waals surface area contributed by atoms with E-state index in [1.807, 2.05) is 6.92 Å². The summed E-state index contributed by atoms with van der Waals surface area (Å²) in [6.45, 7) is 2.78. The predicted molar refractivity (Wildman–Crippen MR) is 50.0 cm³/mol. The van der Waals surface area contributed by atoms with Gasteiger partial charge in [-0.05, 0) is 6.92 Å². The first-order valence-corrected chi connectivity index (χ1v) is 3.87. The van der Waals surface area contributed by atoms with E-state index in [0.29, 0.717) is 12.0 Å². The standard InChI is InChI=1S/C6H5NO2.C3H8O/c8-4-5-3-6(9)1-2-7-5;1-3-4-2/h1-4H,(H,7,9);3H2,1-2H3. The molecule has 0 radical (unpaired) electrons. The molecule has 0 aliphatic rings. The van der Waals surface area contributed by atoms with E-state index < -0.39 is 0 Å². The largest absolute Gasteiger partial charge is 0.385 e. The van der Waals surface area contributed by atoms with Gasteiger partial charge in [0.2, 0.25) is 0 Å². The molecule has 4 nitrogen and oxygen atoms in total. The maximum Gasteiger partial charge on any atom is 0.182 e. The van der Waals surface area contributed by atoms with Crippen LogP contribution in [0.4, 0.5) is 0 Å². The van der Waals surface area contributed by atoms with Crippen LogP contribution in [-0.2, 0) is 4.74 Å². The first kappa shape index (κ1) is 11.6. The summed E-state index contributed by atoms with van der Waals surface area (Å²) in [7, 11) is 1.68. The van der Waals surface area contributed by atoms with Gasteiger partial charge in [0.25, 0.3) is 0 Å². The molecule has 0 saturated heterocycles. The Morgan fingerprint density at radius 1 is 1.62 bits per heavy atom. The van der Waals surface area contributed by atoms with Crippen molar-refractivity contribution in [1.29, 1.82) is 0 Å². The number of carbonyl (C=O) groups is 1. The van der Waals surface area contributed by atoms with Crippen LogP contribution < -0.4 is 5.43 Å². The van der Waals surface area contributed by atoms with Crippen LogP contribution in [0, 0.1) is 0 Å². The number of methoxy groups -OCH3 is 1. The molecule has 4 heteroatoms. The fourth-order valence-corrected chi connectivity index (χ4v) is 0.531. The SMILES string of the molecule is CCOC.O=Cc1cc(=O)cc[nH]1. The van der Waals surface area contributed by atoms with Gasteiger partial charge in [0, 0.05) is 32.0 Å². The van der Waals surface area contributed by atoms with Gasteiger partial charge < -0.3 is 9.72 Å².